The summed E-state index contributed by atoms with van der Waals surface area (Å²) in [6.45, 7) is 6.04. The van der Waals surface area contributed by atoms with Gasteiger partial charge in [0.1, 0.15) is 12.4 Å². The van der Waals surface area contributed by atoms with E-state index in [-0.39, 0.29) is 0 Å². The van der Waals surface area contributed by atoms with Crippen molar-refractivity contribution < 1.29 is 4.74 Å². The number of rotatable bonds is 6. The number of aliphatic imine (C=N–C) groups is 1. The van der Waals surface area contributed by atoms with Crippen molar-refractivity contribution in [2.45, 2.75) is 26.4 Å². The molecular formula is C17H26N6OS. The second-order valence-electron chi connectivity index (χ2n) is 6.35. The summed E-state index contributed by atoms with van der Waals surface area (Å²) in [5.74, 6) is 3.28. The second-order valence-corrected chi connectivity index (χ2v) is 7.38. The van der Waals surface area contributed by atoms with Gasteiger partial charge in [0, 0.05) is 38.0 Å². The fourth-order valence-electron chi connectivity index (χ4n) is 2.98. The highest BCUT2D eigenvalue weighted by molar-refractivity contribution is 7.09. The average Bonchev–Trinajstić information content (AvgIpc) is 3.34. The van der Waals surface area contributed by atoms with Gasteiger partial charge in [-0.1, -0.05) is 6.07 Å². The van der Waals surface area contributed by atoms with Crippen LogP contribution < -0.4 is 5.32 Å². The monoisotopic (exact) mass is 362 g/mol. The van der Waals surface area contributed by atoms with E-state index in [0.717, 1.165) is 50.3 Å². The van der Waals surface area contributed by atoms with Gasteiger partial charge in [-0.3, -0.25) is 0 Å². The molecule has 2 aromatic rings. The van der Waals surface area contributed by atoms with Gasteiger partial charge in [-0.25, -0.2) is 4.99 Å². The molecule has 3 heterocycles. The molecular weight excluding hydrogens is 336 g/mol. The maximum absolute atomic E-state index is 5.31. The number of likely N-dealkylation sites (tertiary alicyclic amines) is 1. The van der Waals surface area contributed by atoms with E-state index >= 15 is 0 Å². The lowest BCUT2D eigenvalue weighted by Gasteiger charge is -2.22. The zero-order chi connectivity index (χ0) is 17.6. The highest BCUT2D eigenvalue weighted by Crippen LogP contribution is 2.17. The maximum Gasteiger partial charge on any atom is 0.194 e. The first-order valence-electron chi connectivity index (χ1n) is 8.57. The summed E-state index contributed by atoms with van der Waals surface area (Å²) in [7, 11) is 3.74. The average molecular weight is 363 g/mol. The van der Waals surface area contributed by atoms with E-state index in [2.05, 4.69) is 37.9 Å². The van der Waals surface area contributed by atoms with Crippen LogP contribution in [0.5, 0.6) is 0 Å². The van der Waals surface area contributed by atoms with Crippen LogP contribution in [-0.4, -0.2) is 52.4 Å². The third-order valence-corrected chi connectivity index (χ3v) is 5.42. The Morgan fingerprint density at radius 1 is 1.48 bits per heavy atom. The van der Waals surface area contributed by atoms with E-state index in [0.29, 0.717) is 12.5 Å². The number of ether oxygens (including phenoxy) is 1. The summed E-state index contributed by atoms with van der Waals surface area (Å²) in [5.41, 5.74) is 0. The van der Waals surface area contributed by atoms with Crippen molar-refractivity contribution in [3.8, 4) is 0 Å². The van der Waals surface area contributed by atoms with Crippen LogP contribution in [0.25, 0.3) is 0 Å². The molecule has 1 fully saturated rings. The zero-order valence-corrected chi connectivity index (χ0v) is 15.9. The third kappa shape index (κ3) is 4.58. The number of hydrogen-bond donors (Lipinski definition) is 1. The Morgan fingerprint density at radius 3 is 3.04 bits per heavy atom. The Hall–Kier alpha value is -1.93. The van der Waals surface area contributed by atoms with Crippen LogP contribution in [0.4, 0.5) is 0 Å². The number of methoxy groups -OCH3 is 1. The second kappa shape index (κ2) is 8.44. The Bertz CT molecular complexity index is 696. The van der Waals surface area contributed by atoms with Crippen molar-refractivity contribution >= 4 is 17.3 Å². The Kier molecular flexibility index (Phi) is 6.04. The van der Waals surface area contributed by atoms with Crippen molar-refractivity contribution in [3.63, 3.8) is 0 Å². The predicted octanol–water partition coefficient (Wildman–Crippen LogP) is 1.80. The van der Waals surface area contributed by atoms with Crippen molar-refractivity contribution in [3.05, 3.63) is 34.0 Å². The fraction of sp³-hybridized carbons (Fsp3) is 0.588. The van der Waals surface area contributed by atoms with Crippen LogP contribution >= 0.6 is 11.3 Å². The summed E-state index contributed by atoms with van der Waals surface area (Å²) in [5, 5.41) is 13.9. The molecule has 0 aliphatic carbocycles. The summed E-state index contributed by atoms with van der Waals surface area (Å²) in [6.07, 6.45) is 1.14. The first-order chi connectivity index (χ1) is 12.2. The van der Waals surface area contributed by atoms with E-state index in [1.54, 1.807) is 18.4 Å². The number of aryl methyl sites for hydroxylation is 1. The van der Waals surface area contributed by atoms with E-state index in [1.807, 2.05) is 18.5 Å². The number of aromatic nitrogens is 3. The lowest BCUT2D eigenvalue weighted by Crippen LogP contribution is -2.40. The summed E-state index contributed by atoms with van der Waals surface area (Å²) >= 11 is 1.75. The normalized spacial score (nSPS) is 18.1. The highest BCUT2D eigenvalue weighted by Gasteiger charge is 2.25. The van der Waals surface area contributed by atoms with Crippen molar-refractivity contribution in [1.82, 2.24) is 25.0 Å². The molecule has 2 aromatic heterocycles. The molecule has 0 radical (unpaired) electrons. The highest BCUT2D eigenvalue weighted by atomic mass is 32.1. The first-order valence-corrected chi connectivity index (χ1v) is 9.44. The van der Waals surface area contributed by atoms with E-state index < -0.39 is 0 Å². The topological polar surface area (TPSA) is 67.6 Å². The van der Waals surface area contributed by atoms with Crippen LogP contribution in [0.1, 0.15) is 22.9 Å². The van der Waals surface area contributed by atoms with Gasteiger partial charge in [-0.05, 0) is 24.8 Å². The smallest absolute Gasteiger partial charge is 0.194 e. The van der Waals surface area contributed by atoms with Gasteiger partial charge in [0.15, 0.2) is 11.8 Å². The maximum atomic E-state index is 5.31. The van der Waals surface area contributed by atoms with Gasteiger partial charge in [0.2, 0.25) is 0 Å². The number of nitrogens with zero attached hydrogens (tertiary/aromatic N) is 5. The van der Waals surface area contributed by atoms with Crippen LogP contribution in [0.2, 0.25) is 0 Å². The summed E-state index contributed by atoms with van der Waals surface area (Å²) < 4.78 is 7.30. The Labute approximate surface area is 152 Å². The number of nitrogens with one attached hydrogen (secondary N) is 1. The molecule has 1 saturated heterocycles. The summed E-state index contributed by atoms with van der Waals surface area (Å²) in [6, 6.07) is 4.21. The molecule has 0 aromatic carbocycles. The molecule has 0 spiro atoms. The molecule has 1 aliphatic rings. The van der Waals surface area contributed by atoms with E-state index in [9.17, 15) is 0 Å². The largest absolute Gasteiger partial charge is 0.384 e. The van der Waals surface area contributed by atoms with Gasteiger partial charge in [-0.15, -0.1) is 21.5 Å². The van der Waals surface area contributed by atoms with Crippen LogP contribution in [0.15, 0.2) is 22.5 Å². The van der Waals surface area contributed by atoms with Gasteiger partial charge >= 0.3 is 0 Å². The van der Waals surface area contributed by atoms with Crippen molar-refractivity contribution in [2.24, 2.45) is 18.0 Å². The first kappa shape index (κ1) is 17.9. The standard InChI is InChI=1S/C17H26N6OS/c1-13-20-21-16(22(13)2)10-19-17(18-9-15-5-4-8-25-15)23-7-6-14(11-23)12-24-3/h4-5,8,14H,6-7,9-12H2,1-3H3,(H,18,19). The van der Waals surface area contributed by atoms with Gasteiger partial charge < -0.3 is 19.5 Å². The SMILES string of the molecule is COCC1CCN(C(=NCc2nnc(C)n2C)NCc2cccs2)C1. The molecule has 8 heteroatoms. The number of hydrogen-bond acceptors (Lipinski definition) is 5. The zero-order valence-electron chi connectivity index (χ0n) is 15.1. The lowest BCUT2D eigenvalue weighted by molar-refractivity contribution is 0.157. The molecule has 25 heavy (non-hydrogen) atoms. The van der Waals surface area contributed by atoms with Gasteiger partial charge in [-0.2, -0.15) is 0 Å². The molecule has 1 N–H and O–H groups in total. The quantitative estimate of drug-likeness (QED) is 0.627. The van der Waals surface area contributed by atoms with E-state index in [1.165, 1.54) is 4.88 Å². The minimum absolute atomic E-state index is 0.523. The van der Waals surface area contributed by atoms with Crippen LogP contribution in [0, 0.1) is 12.8 Å². The lowest BCUT2D eigenvalue weighted by atomic mass is 10.1. The van der Waals surface area contributed by atoms with Gasteiger partial charge in [0.05, 0.1) is 13.2 Å². The Balaban J connectivity index is 1.69. The fourth-order valence-corrected chi connectivity index (χ4v) is 3.62. The molecule has 0 bridgehead atoms. The summed E-state index contributed by atoms with van der Waals surface area (Å²) in [4.78, 5) is 8.44. The molecule has 1 unspecified atom stereocenters. The predicted molar refractivity (Wildman–Crippen MR) is 99.6 cm³/mol. The van der Waals surface area contributed by atoms with Crippen molar-refractivity contribution in [1.29, 1.82) is 0 Å². The van der Waals surface area contributed by atoms with Gasteiger partial charge in [0.25, 0.3) is 0 Å². The molecule has 7 nitrogen and oxygen atoms in total. The molecule has 1 aliphatic heterocycles. The van der Waals surface area contributed by atoms with Crippen LogP contribution in [-0.2, 0) is 24.9 Å². The molecule has 0 amide bonds. The molecule has 136 valence electrons. The van der Waals surface area contributed by atoms with Crippen LogP contribution in [0.3, 0.4) is 0 Å². The molecule has 3 rings (SSSR count). The number of thiophene rings is 1. The van der Waals surface area contributed by atoms with E-state index in [4.69, 9.17) is 9.73 Å². The minimum atomic E-state index is 0.523. The third-order valence-electron chi connectivity index (χ3n) is 4.54. The Morgan fingerprint density at radius 2 is 2.36 bits per heavy atom. The van der Waals surface area contributed by atoms with Crippen molar-refractivity contribution in [2.75, 3.05) is 26.8 Å². The number of guanidine groups is 1. The molecule has 0 saturated carbocycles. The minimum Gasteiger partial charge on any atom is -0.384 e. The molecule has 1 atom stereocenters.